The summed E-state index contributed by atoms with van der Waals surface area (Å²) in [6.45, 7) is 11.8. The molecule has 0 aromatic carbocycles. The van der Waals surface area contributed by atoms with Gasteiger partial charge in [-0.05, 0) is 33.6 Å². The third-order valence-electron chi connectivity index (χ3n) is 3.94. The lowest BCUT2D eigenvalue weighted by Crippen LogP contribution is -3.06. The van der Waals surface area contributed by atoms with E-state index in [2.05, 4.69) is 53.6 Å². The van der Waals surface area contributed by atoms with Crippen molar-refractivity contribution in [1.29, 1.82) is 0 Å². The molecule has 2 atom stereocenters. The second kappa shape index (κ2) is 14.2. The van der Waals surface area contributed by atoms with Gasteiger partial charge >= 0.3 is 11.9 Å². The number of carboxylic acid groups (broad SMARTS) is 3. The van der Waals surface area contributed by atoms with E-state index < -0.39 is 36.4 Å². The van der Waals surface area contributed by atoms with Crippen LogP contribution in [0.2, 0.25) is 0 Å². The zero-order chi connectivity index (χ0) is 23.3. The zero-order valence-electron chi connectivity index (χ0n) is 18.0. The molecule has 0 spiro atoms. The van der Waals surface area contributed by atoms with Crippen LogP contribution in [0.1, 0.15) is 46.5 Å². The summed E-state index contributed by atoms with van der Waals surface area (Å²) in [5, 5.41) is 35.5. The van der Waals surface area contributed by atoms with Crippen molar-refractivity contribution in [2.75, 3.05) is 26.4 Å². The van der Waals surface area contributed by atoms with Crippen molar-refractivity contribution in [1.82, 2.24) is 0 Å². The molecule has 0 aromatic rings. The fraction of sp³-hybridized carbons (Fsp3) is 0.650. The van der Waals surface area contributed by atoms with E-state index in [1.165, 1.54) is 29.2 Å². The van der Waals surface area contributed by atoms with Gasteiger partial charge in [0, 0.05) is 22.9 Å². The van der Waals surface area contributed by atoms with Crippen LogP contribution in [0.5, 0.6) is 0 Å². The molecule has 9 heteroatoms. The van der Waals surface area contributed by atoms with E-state index >= 15 is 0 Å². The molecule has 0 aliphatic carbocycles. The van der Waals surface area contributed by atoms with Gasteiger partial charge in [-0.15, -0.1) is 18.3 Å². The summed E-state index contributed by atoms with van der Waals surface area (Å²) in [4.78, 5) is 31.8. The van der Waals surface area contributed by atoms with Crippen molar-refractivity contribution in [3.63, 3.8) is 0 Å². The average Bonchev–Trinajstić information content (AvgIpc) is 2.53. The third kappa shape index (κ3) is 15.7. The summed E-state index contributed by atoms with van der Waals surface area (Å²) in [5.74, 6) is -4.13. The predicted molar refractivity (Wildman–Crippen MR) is 112 cm³/mol. The van der Waals surface area contributed by atoms with Gasteiger partial charge in [0.05, 0.1) is 27.1 Å². The lowest BCUT2D eigenvalue weighted by Gasteiger charge is -2.24. The lowest BCUT2D eigenvalue weighted by atomic mass is 9.96. The first-order valence-electron chi connectivity index (χ1n) is 9.25. The van der Waals surface area contributed by atoms with Crippen LogP contribution in [-0.2, 0) is 14.4 Å². The van der Waals surface area contributed by atoms with Crippen LogP contribution in [0.3, 0.4) is 0 Å². The number of hydrogen-bond acceptors (Lipinski definition) is 6. The second-order valence-electron chi connectivity index (χ2n) is 7.60. The Balaban J connectivity index is 0. The molecule has 0 fully saturated rings. The molecule has 0 heterocycles. The fourth-order valence-corrected chi connectivity index (χ4v) is 3.43. The molecule has 2 unspecified atom stereocenters. The molecular formula is C20H35NO7S. The minimum atomic E-state index is -2.80. The van der Waals surface area contributed by atoms with E-state index in [0.29, 0.717) is 0 Å². The number of aliphatic carboxylic acids is 3. The Kier molecular flexibility index (Phi) is 14.4. The van der Waals surface area contributed by atoms with Crippen LogP contribution in [0, 0.1) is 0 Å². The molecular weight excluding hydrogens is 398 g/mol. The van der Waals surface area contributed by atoms with Crippen molar-refractivity contribution in [2.45, 2.75) is 56.8 Å². The highest BCUT2D eigenvalue weighted by atomic mass is 32.2. The largest absolute Gasteiger partial charge is 0.550 e. The summed E-state index contributed by atoms with van der Waals surface area (Å²) in [6.07, 6.45) is 4.34. The first-order valence-corrected chi connectivity index (χ1v) is 10.2. The number of thioether (sulfide) groups is 1. The quantitative estimate of drug-likeness (QED) is 0.297. The normalized spacial score (nSPS) is 14.6. The SMILES string of the molecule is C=CC(C)(CCC=C(C)C)SCC[NH+](C)C.O=C([O-])CC(O)(CC(=O)O)C(=O)O. The number of allylic oxidation sites excluding steroid dienone is 2. The molecule has 4 N–H and O–H groups in total. The van der Waals surface area contributed by atoms with Crippen LogP contribution >= 0.6 is 11.8 Å². The Morgan fingerprint density at radius 3 is 2.07 bits per heavy atom. The van der Waals surface area contributed by atoms with Gasteiger partial charge < -0.3 is 30.1 Å². The van der Waals surface area contributed by atoms with Crippen LogP contribution in [0.4, 0.5) is 0 Å². The summed E-state index contributed by atoms with van der Waals surface area (Å²) in [7, 11) is 4.41. The van der Waals surface area contributed by atoms with Crippen molar-refractivity contribution >= 4 is 29.7 Å². The van der Waals surface area contributed by atoms with E-state index in [0.717, 1.165) is 6.42 Å². The average molecular weight is 434 g/mol. The van der Waals surface area contributed by atoms with E-state index in [-0.39, 0.29) is 4.75 Å². The van der Waals surface area contributed by atoms with Gasteiger partial charge in [0.25, 0.3) is 0 Å². The maximum atomic E-state index is 10.3. The Bertz CT molecular complexity index is 569. The molecule has 0 aromatic heterocycles. The van der Waals surface area contributed by atoms with Gasteiger partial charge in [-0.3, -0.25) is 4.79 Å². The summed E-state index contributed by atoms with van der Waals surface area (Å²) in [6, 6.07) is 0. The molecule has 0 rings (SSSR count). The van der Waals surface area contributed by atoms with E-state index in [1.807, 2.05) is 11.8 Å². The number of carbonyl (C=O) groups is 3. The molecule has 0 amide bonds. The molecule has 8 nitrogen and oxygen atoms in total. The molecule has 0 saturated heterocycles. The number of aliphatic hydroxyl groups is 1. The van der Waals surface area contributed by atoms with Crippen LogP contribution in [-0.4, -0.2) is 70.0 Å². The van der Waals surface area contributed by atoms with Crippen molar-refractivity contribution in [3.05, 3.63) is 24.3 Å². The smallest absolute Gasteiger partial charge is 0.336 e. The first-order chi connectivity index (χ1) is 13.2. The predicted octanol–water partition coefficient (Wildman–Crippen LogP) is -0.0280. The molecule has 29 heavy (non-hydrogen) atoms. The standard InChI is InChI=1S/C14H27NS.C6H8O7/c1-7-14(4,10-8-9-13(2)3)16-12-11-15(5)6;7-3(8)1-6(13,5(11)12)2-4(9)10/h7,9H,1,8,10-12H2,2-6H3;13H,1-2H2,(H,7,8)(H,9,10)(H,11,12). The highest BCUT2D eigenvalue weighted by Crippen LogP contribution is 2.31. The first kappa shape index (κ1) is 29.4. The Morgan fingerprint density at radius 2 is 1.72 bits per heavy atom. The molecule has 0 radical (unpaired) electrons. The van der Waals surface area contributed by atoms with Crippen molar-refractivity contribution < 1.29 is 39.7 Å². The summed E-state index contributed by atoms with van der Waals surface area (Å²) < 4.78 is 0.237. The number of carboxylic acids is 3. The van der Waals surface area contributed by atoms with E-state index in [9.17, 15) is 19.5 Å². The summed E-state index contributed by atoms with van der Waals surface area (Å²) >= 11 is 2.04. The van der Waals surface area contributed by atoms with Crippen molar-refractivity contribution in [2.24, 2.45) is 0 Å². The zero-order valence-corrected chi connectivity index (χ0v) is 18.8. The molecule has 0 bridgehead atoms. The highest BCUT2D eigenvalue weighted by molar-refractivity contribution is 8.00. The Labute approximate surface area is 177 Å². The summed E-state index contributed by atoms with van der Waals surface area (Å²) in [5.41, 5.74) is -1.39. The lowest BCUT2D eigenvalue weighted by molar-refractivity contribution is -0.855. The number of quaternary nitrogens is 1. The number of nitrogens with one attached hydrogen (secondary N) is 1. The number of hydrogen-bond donors (Lipinski definition) is 4. The molecule has 168 valence electrons. The van der Waals surface area contributed by atoms with Gasteiger partial charge in [0.1, 0.15) is 0 Å². The monoisotopic (exact) mass is 433 g/mol. The number of rotatable bonds is 13. The van der Waals surface area contributed by atoms with Gasteiger partial charge in [0.15, 0.2) is 5.60 Å². The van der Waals surface area contributed by atoms with Crippen LogP contribution in [0.15, 0.2) is 24.3 Å². The van der Waals surface area contributed by atoms with E-state index in [4.69, 9.17) is 15.3 Å². The minimum absolute atomic E-state index is 0.237. The highest BCUT2D eigenvalue weighted by Gasteiger charge is 2.38. The van der Waals surface area contributed by atoms with Crippen LogP contribution < -0.4 is 10.0 Å². The maximum absolute atomic E-state index is 10.3. The van der Waals surface area contributed by atoms with Gasteiger partial charge in [0.2, 0.25) is 0 Å². The second-order valence-corrected chi connectivity index (χ2v) is 9.23. The molecule has 0 aliphatic rings. The van der Waals surface area contributed by atoms with Gasteiger partial charge in [-0.2, -0.15) is 0 Å². The Hall–Kier alpha value is -1.84. The fourth-order valence-electron chi connectivity index (χ4n) is 2.07. The molecule has 0 aliphatic heterocycles. The van der Waals surface area contributed by atoms with E-state index in [1.54, 1.807) is 0 Å². The Morgan fingerprint density at radius 1 is 1.17 bits per heavy atom. The number of carbonyl (C=O) groups excluding carboxylic acids is 1. The third-order valence-corrected chi connectivity index (χ3v) is 5.38. The van der Waals surface area contributed by atoms with Gasteiger partial charge in [-0.25, -0.2) is 4.79 Å². The molecule has 0 saturated carbocycles. The minimum Gasteiger partial charge on any atom is -0.550 e. The topological polar surface area (TPSA) is 139 Å². The maximum Gasteiger partial charge on any atom is 0.336 e. The van der Waals surface area contributed by atoms with Crippen molar-refractivity contribution in [3.8, 4) is 0 Å². The van der Waals surface area contributed by atoms with Crippen LogP contribution in [0.25, 0.3) is 0 Å². The van der Waals surface area contributed by atoms with Gasteiger partial charge in [-0.1, -0.05) is 17.7 Å².